The number of nitrogens with one attached hydrogen (secondary N) is 2. The van der Waals surface area contributed by atoms with Gasteiger partial charge in [-0.05, 0) is 61.7 Å². The van der Waals surface area contributed by atoms with Crippen molar-refractivity contribution in [1.82, 2.24) is 10.3 Å². The lowest BCUT2D eigenvalue weighted by molar-refractivity contribution is 0.0935. The molecule has 128 valence electrons. The molecule has 1 atom stereocenters. The Morgan fingerprint density at radius 3 is 2.76 bits per heavy atom. The third kappa shape index (κ3) is 2.82. The summed E-state index contributed by atoms with van der Waals surface area (Å²) in [4.78, 5) is 15.8. The number of aromatic nitrogens is 1. The summed E-state index contributed by atoms with van der Waals surface area (Å²) in [5.74, 6) is 1.33. The molecule has 2 N–H and O–H groups in total. The van der Waals surface area contributed by atoms with Crippen molar-refractivity contribution >= 4 is 16.8 Å². The highest BCUT2D eigenvalue weighted by atomic mass is 16.7. The third-order valence-corrected chi connectivity index (χ3v) is 4.58. The second-order valence-electron chi connectivity index (χ2n) is 6.53. The molecular weight excluding hydrogens is 316 g/mol. The fraction of sp³-hybridized carbons (Fsp3) is 0.250. The smallest absolute Gasteiger partial charge is 0.268 e. The SMILES string of the molecule is Cc1cc(C)c2cc(C(=O)NC(C)c3ccc4c(c3)OCO4)[nH]c2c1. The molecule has 0 bridgehead atoms. The number of hydrogen-bond acceptors (Lipinski definition) is 3. The van der Waals surface area contributed by atoms with E-state index in [4.69, 9.17) is 9.47 Å². The van der Waals surface area contributed by atoms with Crippen LogP contribution in [0.5, 0.6) is 11.5 Å². The van der Waals surface area contributed by atoms with Crippen LogP contribution >= 0.6 is 0 Å². The van der Waals surface area contributed by atoms with Gasteiger partial charge in [-0.15, -0.1) is 0 Å². The average Bonchev–Trinajstić information content (AvgIpc) is 3.20. The molecule has 0 saturated heterocycles. The largest absolute Gasteiger partial charge is 0.454 e. The summed E-state index contributed by atoms with van der Waals surface area (Å²) < 4.78 is 10.7. The standard InChI is InChI=1S/C20H20N2O3/c1-11-6-12(2)15-9-17(22-16(15)7-11)20(23)21-13(3)14-4-5-18-19(8-14)25-10-24-18/h4-9,13,22H,10H2,1-3H3,(H,21,23). The molecule has 5 heteroatoms. The lowest BCUT2D eigenvalue weighted by Crippen LogP contribution is -2.26. The van der Waals surface area contributed by atoms with E-state index < -0.39 is 0 Å². The van der Waals surface area contributed by atoms with Crippen LogP contribution in [0.4, 0.5) is 0 Å². The van der Waals surface area contributed by atoms with E-state index >= 15 is 0 Å². The van der Waals surface area contributed by atoms with E-state index in [-0.39, 0.29) is 18.7 Å². The molecule has 1 aromatic heterocycles. The van der Waals surface area contributed by atoms with Crippen molar-refractivity contribution in [3.05, 3.63) is 58.8 Å². The van der Waals surface area contributed by atoms with Gasteiger partial charge in [0, 0.05) is 10.9 Å². The molecule has 0 radical (unpaired) electrons. The quantitative estimate of drug-likeness (QED) is 0.760. The number of aromatic amines is 1. The third-order valence-electron chi connectivity index (χ3n) is 4.58. The molecule has 2 aromatic carbocycles. The molecule has 1 aliphatic rings. The maximum absolute atomic E-state index is 12.6. The first-order valence-corrected chi connectivity index (χ1v) is 8.31. The second-order valence-corrected chi connectivity index (χ2v) is 6.53. The number of benzene rings is 2. The van der Waals surface area contributed by atoms with Gasteiger partial charge in [-0.2, -0.15) is 0 Å². The minimum absolute atomic E-state index is 0.126. The van der Waals surface area contributed by atoms with Crippen molar-refractivity contribution in [2.24, 2.45) is 0 Å². The molecule has 1 aliphatic heterocycles. The van der Waals surface area contributed by atoms with E-state index in [2.05, 4.69) is 36.3 Å². The van der Waals surface area contributed by atoms with Gasteiger partial charge >= 0.3 is 0 Å². The molecule has 4 rings (SSSR count). The van der Waals surface area contributed by atoms with Crippen molar-refractivity contribution in [2.75, 3.05) is 6.79 Å². The van der Waals surface area contributed by atoms with Gasteiger partial charge in [-0.25, -0.2) is 0 Å². The Morgan fingerprint density at radius 2 is 1.92 bits per heavy atom. The number of rotatable bonds is 3. The van der Waals surface area contributed by atoms with E-state index in [9.17, 15) is 4.79 Å². The second kappa shape index (κ2) is 5.84. The van der Waals surface area contributed by atoms with Crippen LogP contribution in [0.1, 0.15) is 40.1 Å². The van der Waals surface area contributed by atoms with Gasteiger partial charge in [0.15, 0.2) is 11.5 Å². The highest BCUT2D eigenvalue weighted by Crippen LogP contribution is 2.34. The van der Waals surface area contributed by atoms with Crippen LogP contribution in [0.25, 0.3) is 10.9 Å². The zero-order valence-corrected chi connectivity index (χ0v) is 14.5. The highest BCUT2D eigenvalue weighted by molar-refractivity contribution is 5.99. The predicted molar refractivity (Wildman–Crippen MR) is 96.2 cm³/mol. The lowest BCUT2D eigenvalue weighted by atomic mass is 10.1. The van der Waals surface area contributed by atoms with E-state index in [1.807, 2.05) is 31.2 Å². The van der Waals surface area contributed by atoms with Crippen molar-refractivity contribution in [3.8, 4) is 11.5 Å². The Hall–Kier alpha value is -2.95. The molecule has 1 amide bonds. The molecule has 0 aliphatic carbocycles. The summed E-state index contributed by atoms with van der Waals surface area (Å²) >= 11 is 0. The summed E-state index contributed by atoms with van der Waals surface area (Å²) in [5, 5.41) is 4.11. The number of ether oxygens (including phenoxy) is 2. The fourth-order valence-electron chi connectivity index (χ4n) is 3.26. The number of carbonyl (C=O) groups excluding carboxylic acids is 1. The van der Waals surface area contributed by atoms with Crippen LogP contribution in [0.3, 0.4) is 0 Å². The first-order valence-electron chi connectivity index (χ1n) is 8.31. The lowest BCUT2D eigenvalue weighted by Gasteiger charge is -2.14. The zero-order valence-electron chi connectivity index (χ0n) is 14.5. The summed E-state index contributed by atoms with van der Waals surface area (Å²) in [7, 11) is 0. The van der Waals surface area contributed by atoms with Gasteiger partial charge in [-0.1, -0.05) is 12.1 Å². The first kappa shape index (κ1) is 15.6. The number of amides is 1. The highest BCUT2D eigenvalue weighted by Gasteiger charge is 2.18. The number of H-pyrrole nitrogens is 1. The van der Waals surface area contributed by atoms with Gasteiger partial charge in [0.1, 0.15) is 5.69 Å². The minimum Gasteiger partial charge on any atom is -0.454 e. The van der Waals surface area contributed by atoms with E-state index in [0.29, 0.717) is 5.69 Å². The van der Waals surface area contributed by atoms with Crippen LogP contribution in [0.2, 0.25) is 0 Å². The maximum atomic E-state index is 12.6. The van der Waals surface area contributed by atoms with Crippen molar-refractivity contribution in [3.63, 3.8) is 0 Å². The van der Waals surface area contributed by atoms with Crippen LogP contribution in [0, 0.1) is 13.8 Å². The van der Waals surface area contributed by atoms with Gasteiger partial charge in [-0.3, -0.25) is 4.79 Å². The van der Waals surface area contributed by atoms with E-state index in [0.717, 1.165) is 33.5 Å². The Bertz CT molecular complexity index is 974. The van der Waals surface area contributed by atoms with Gasteiger partial charge in [0.05, 0.1) is 6.04 Å². The van der Waals surface area contributed by atoms with Crippen molar-refractivity contribution < 1.29 is 14.3 Å². The molecule has 3 aromatic rings. The van der Waals surface area contributed by atoms with Crippen molar-refractivity contribution in [2.45, 2.75) is 26.8 Å². The molecule has 1 unspecified atom stereocenters. The monoisotopic (exact) mass is 336 g/mol. The molecule has 25 heavy (non-hydrogen) atoms. The number of aryl methyl sites for hydroxylation is 2. The van der Waals surface area contributed by atoms with Crippen molar-refractivity contribution in [1.29, 1.82) is 0 Å². The number of hydrogen-bond donors (Lipinski definition) is 2. The van der Waals surface area contributed by atoms with E-state index in [1.165, 1.54) is 5.56 Å². The van der Waals surface area contributed by atoms with Crippen LogP contribution in [-0.2, 0) is 0 Å². The average molecular weight is 336 g/mol. The summed E-state index contributed by atoms with van der Waals surface area (Å²) in [6, 6.07) is 11.7. The molecule has 0 spiro atoms. The van der Waals surface area contributed by atoms with E-state index in [1.54, 1.807) is 0 Å². The molecule has 0 saturated carbocycles. The number of carbonyl (C=O) groups is 1. The van der Waals surface area contributed by atoms with Gasteiger partial charge in [0.2, 0.25) is 6.79 Å². The molecule has 5 nitrogen and oxygen atoms in total. The Kier molecular flexibility index (Phi) is 3.64. The summed E-state index contributed by atoms with van der Waals surface area (Å²) in [6.07, 6.45) is 0. The molecule has 0 fully saturated rings. The topological polar surface area (TPSA) is 63.4 Å². The van der Waals surface area contributed by atoms with Gasteiger partial charge < -0.3 is 19.8 Å². The Morgan fingerprint density at radius 1 is 1.12 bits per heavy atom. The minimum atomic E-state index is -0.142. The van der Waals surface area contributed by atoms with Gasteiger partial charge in [0.25, 0.3) is 5.91 Å². The predicted octanol–water partition coefficient (Wildman–Crippen LogP) is 4.00. The normalized spacial score (nSPS) is 13.9. The van der Waals surface area contributed by atoms with Crippen LogP contribution in [0.15, 0.2) is 36.4 Å². The van der Waals surface area contributed by atoms with Crippen LogP contribution < -0.4 is 14.8 Å². The first-order chi connectivity index (χ1) is 12.0. The summed E-state index contributed by atoms with van der Waals surface area (Å²) in [6.45, 7) is 6.30. The Labute approximate surface area is 146 Å². The molecular formula is C20H20N2O3. The maximum Gasteiger partial charge on any atom is 0.268 e. The Balaban J connectivity index is 1.56. The zero-order chi connectivity index (χ0) is 17.6. The number of fused-ring (bicyclic) bond motifs is 2. The van der Waals surface area contributed by atoms with Crippen LogP contribution in [-0.4, -0.2) is 17.7 Å². The molecule has 2 heterocycles. The fourth-order valence-corrected chi connectivity index (χ4v) is 3.26. The summed E-state index contributed by atoms with van der Waals surface area (Å²) in [5.41, 5.74) is 4.86.